The molecule has 0 aromatic carbocycles. The molecular weight excluding hydrogens is 184 g/mol. The van der Waals surface area contributed by atoms with Crippen molar-refractivity contribution in [3.05, 3.63) is 32.6 Å². The molecule has 0 aliphatic rings. The number of rotatable bonds is 3. The van der Waals surface area contributed by atoms with Crippen LogP contribution in [0.15, 0.2) is 15.8 Å². The number of hydrogen-bond donors (Lipinski definition) is 1. The fourth-order valence-corrected chi connectivity index (χ4v) is 1.14. The van der Waals surface area contributed by atoms with Crippen molar-refractivity contribution < 1.29 is 4.79 Å². The Labute approximate surface area is 80.4 Å². The van der Waals surface area contributed by atoms with E-state index in [1.54, 1.807) is 0 Å². The first-order valence-corrected chi connectivity index (χ1v) is 4.34. The van der Waals surface area contributed by atoms with Crippen LogP contribution >= 0.6 is 0 Å². The second-order valence-corrected chi connectivity index (χ2v) is 3.48. The lowest BCUT2D eigenvalue weighted by atomic mass is 10.2. The van der Waals surface area contributed by atoms with Crippen molar-refractivity contribution in [2.24, 2.45) is 5.92 Å². The van der Waals surface area contributed by atoms with Gasteiger partial charge < -0.3 is 4.98 Å². The monoisotopic (exact) mass is 196 g/mol. The third-order valence-electron chi connectivity index (χ3n) is 1.76. The van der Waals surface area contributed by atoms with Crippen molar-refractivity contribution in [3.8, 4) is 0 Å². The predicted molar refractivity (Wildman–Crippen MR) is 51.5 cm³/mol. The molecule has 1 heterocycles. The lowest BCUT2D eigenvalue weighted by molar-refractivity contribution is 0.112. The van der Waals surface area contributed by atoms with Crippen LogP contribution in [0.2, 0.25) is 0 Å². The topological polar surface area (TPSA) is 71.9 Å². The average Bonchev–Trinajstić information content (AvgIpc) is 2.12. The molecule has 76 valence electrons. The zero-order chi connectivity index (χ0) is 10.7. The Balaban J connectivity index is 3.33. The Morgan fingerprint density at radius 1 is 1.50 bits per heavy atom. The van der Waals surface area contributed by atoms with Gasteiger partial charge in [-0.25, -0.2) is 4.79 Å². The first-order valence-electron chi connectivity index (χ1n) is 4.34. The highest BCUT2D eigenvalue weighted by atomic mass is 16.2. The van der Waals surface area contributed by atoms with E-state index in [2.05, 4.69) is 4.98 Å². The van der Waals surface area contributed by atoms with Crippen LogP contribution in [0.5, 0.6) is 0 Å². The van der Waals surface area contributed by atoms with Gasteiger partial charge in [-0.1, -0.05) is 13.8 Å². The number of carbonyl (C=O) groups excluding carboxylic acids is 1. The molecule has 0 spiro atoms. The minimum absolute atomic E-state index is 0.0229. The van der Waals surface area contributed by atoms with Crippen molar-refractivity contribution in [3.63, 3.8) is 0 Å². The van der Waals surface area contributed by atoms with Crippen LogP contribution in [-0.2, 0) is 6.54 Å². The molecule has 0 saturated carbocycles. The molecule has 0 atom stereocenters. The lowest BCUT2D eigenvalue weighted by Gasteiger charge is -2.06. The standard InChI is InChI=1S/C9H12N2O3/c1-6(2)4-11-8(13)7(5-12)3-10-9(11)14/h3,5-6H,4H2,1-2H3,(H,10,14). The quantitative estimate of drug-likeness (QED) is 0.692. The fourth-order valence-electron chi connectivity index (χ4n) is 1.14. The number of H-pyrrole nitrogens is 1. The summed E-state index contributed by atoms with van der Waals surface area (Å²) in [6, 6.07) is 0. The summed E-state index contributed by atoms with van der Waals surface area (Å²) in [4.78, 5) is 35.5. The van der Waals surface area contributed by atoms with Gasteiger partial charge >= 0.3 is 5.69 Å². The minimum Gasteiger partial charge on any atom is -0.313 e. The van der Waals surface area contributed by atoms with Crippen LogP contribution in [-0.4, -0.2) is 15.8 Å². The largest absolute Gasteiger partial charge is 0.328 e. The SMILES string of the molecule is CC(C)Cn1c(=O)[nH]cc(C=O)c1=O. The maximum Gasteiger partial charge on any atom is 0.328 e. The molecule has 0 amide bonds. The maximum atomic E-state index is 11.5. The molecular formula is C9H12N2O3. The second kappa shape index (κ2) is 4.04. The smallest absolute Gasteiger partial charge is 0.313 e. The van der Waals surface area contributed by atoms with Crippen LogP contribution in [0, 0.1) is 5.92 Å². The van der Waals surface area contributed by atoms with Crippen molar-refractivity contribution >= 4 is 6.29 Å². The van der Waals surface area contributed by atoms with Gasteiger partial charge in [0.15, 0.2) is 6.29 Å². The Morgan fingerprint density at radius 3 is 2.64 bits per heavy atom. The van der Waals surface area contributed by atoms with Crippen LogP contribution in [0.25, 0.3) is 0 Å². The van der Waals surface area contributed by atoms with Gasteiger partial charge in [0.2, 0.25) is 0 Å². The summed E-state index contributed by atoms with van der Waals surface area (Å²) >= 11 is 0. The molecule has 0 unspecified atom stereocenters. The summed E-state index contributed by atoms with van der Waals surface area (Å²) in [6.07, 6.45) is 1.57. The van der Waals surface area contributed by atoms with Gasteiger partial charge in [0.05, 0.1) is 5.56 Å². The normalized spacial score (nSPS) is 10.5. The van der Waals surface area contributed by atoms with Gasteiger partial charge in [0.25, 0.3) is 5.56 Å². The van der Waals surface area contributed by atoms with Crippen LogP contribution in [0.3, 0.4) is 0 Å². The first-order chi connectivity index (χ1) is 6.56. The van der Waals surface area contributed by atoms with Crippen LogP contribution < -0.4 is 11.2 Å². The Hall–Kier alpha value is -1.65. The van der Waals surface area contributed by atoms with Crippen molar-refractivity contribution in [1.82, 2.24) is 9.55 Å². The van der Waals surface area contributed by atoms with Crippen LogP contribution in [0.1, 0.15) is 24.2 Å². The molecule has 1 aromatic rings. The molecule has 1 aromatic heterocycles. The molecule has 5 nitrogen and oxygen atoms in total. The van der Waals surface area contributed by atoms with Gasteiger partial charge in [0.1, 0.15) is 0 Å². The van der Waals surface area contributed by atoms with Gasteiger partial charge in [-0.2, -0.15) is 0 Å². The van der Waals surface area contributed by atoms with Crippen molar-refractivity contribution in [1.29, 1.82) is 0 Å². The second-order valence-electron chi connectivity index (χ2n) is 3.48. The van der Waals surface area contributed by atoms with Gasteiger partial charge in [-0.05, 0) is 5.92 Å². The number of aldehydes is 1. The third kappa shape index (κ3) is 1.99. The van der Waals surface area contributed by atoms with E-state index < -0.39 is 11.2 Å². The van der Waals surface area contributed by atoms with Crippen LogP contribution in [0.4, 0.5) is 0 Å². The average molecular weight is 196 g/mol. The highest BCUT2D eigenvalue weighted by Gasteiger charge is 2.07. The summed E-state index contributed by atoms with van der Waals surface area (Å²) < 4.78 is 1.04. The van der Waals surface area contributed by atoms with Crippen molar-refractivity contribution in [2.45, 2.75) is 20.4 Å². The Morgan fingerprint density at radius 2 is 2.14 bits per heavy atom. The lowest BCUT2D eigenvalue weighted by Crippen LogP contribution is -2.37. The minimum atomic E-state index is -0.530. The van der Waals surface area contributed by atoms with E-state index in [-0.39, 0.29) is 11.5 Å². The molecule has 0 aliphatic carbocycles. The molecule has 5 heteroatoms. The summed E-state index contributed by atoms with van der Waals surface area (Å²) in [5.41, 5.74) is -1.03. The number of hydrogen-bond acceptors (Lipinski definition) is 3. The first kappa shape index (κ1) is 10.4. The van der Waals surface area contributed by atoms with Gasteiger partial charge in [-0.3, -0.25) is 14.2 Å². The Kier molecular flexibility index (Phi) is 3.01. The maximum absolute atomic E-state index is 11.5. The van der Waals surface area contributed by atoms with E-state index in [1.807, 2.05) is 13.8 Å². The Bertz CT molecular complexity index is 442. The molecule has 1 N–H and O–H groups in total. The number of aromatic nitrogens is 2. The summed E-state index contributed by atoms with van der Waals surface area (Å²) in [6.45, 7) is 4.09. The molecule has 0 saturated heterocycles. The predicted octanol–water partition coefficient (Wildman–Crippen LogP) is 0.00510. The van der Waals surface area contributed by atoms with E-state index in [0.29, 0.717) is 12.8 Å². The summed E-state index contributed by atoms with van der Waals surface area (Å²) in [7, 11) is 0. The van der Waals surface area contributed by atoms with E-state index in [0.717, 1.165) is 10.8 Å². The molecule has 0 fully saturated rings. The summed E-state index contributed by atoms with van der Waals surface area (Å²) in [5.74, 6) is 0.177. The third-order valence-corrected chi connectivity index (χ3v) is 1.76. The zero-order valence-electron chi connectivity index (χ0n) is 8.11. The molecule has 14 heavy (non-hydrogen) atoms. The number of nitrogens with one attached hydrogen (secondary N) is 1. The van der Waals surface area contributed by atoms with E-state index >= 15 is 0 Å². The van der Waals surface area contributed by atoms with E-state index in [4.69, 9.17) is 0 Å². The van der Waals surface area contributed by atoms with E-state index in [1.165, 1.54) is 0 Å². The van der Waals surface area contributed by atoms with Gasteiger partial charge in [0, 0.05) is 12.7 Å². The van der Waals surface area contributed by atoms with Gasteiger partial charge in [-0.15, -0.1) is 0 Å². The van der Waals surface area contributed by atoms with E-state index in [9.17, 15) is 14.4 Å². The molecule has 0 radical (unpaired) electrons. The highest BCUT2D eigenvalue weighted by molar-refractivity contribution is 5.73. The fraction of sp³-hybridized carbons (Fsp3) is 0.444. The molecule has 0 bridgehead atoms. The number of aromatic amines is 1. The molecule has 1 rings (SSSR count). The van der Waals surface area contributed by atoms with Crippen molar-refractivity contribution in [2.75, 3.05) is 0 Å². The molecule has 0 aliphatic heterocycles. The highest BCUT2D eigenvalue weighted by Crippen LogP contribution is 1.92. The summed E-state index contributed by atoms with van der Waals surface area (Å²) in [5, 5.41) is 0. The number of nitrogens with zero attached hydrogens (tertiary/aromatic N) is 1. The number of carbonyl (C=O) groups is 1. The zero-order valence-corrected chi connectivity index (χ0v) is 8.11.